The SMILES string of the molecule is C=CC(=O)OCCOc1ccc(C#Cc2cc3sc4cc(C)sc4c3s2)cc1. The van der Waals surface area contributed by atoms with Gasteiger partial charge in [-0.25, -0.2) is 4.79 Å². The zero-order valence-electron chi connectivity index (χ0n) is 15.1. The third kappa shape index (κ3) is 4.12. The van der Waals surface area contributed by atoms with E-state index in [0.29, 0.717) is 12.4 Å². The molecule has 0 amide bonds. The molecule has 0 aliphatic rings. The van der Waals surface area contributed by atoms with Crippen molar-refractivity contribution in [3.63, 3.8) is 0 Å². The van der Waals surface area contributed by atoms with Gasteiger partial charge in [-0.1, -0.05) is 18.4 Å². The van der Waals surface area contributed by atoms with Crippen LogP contribution in [0.25, 0.3) is 18.8 Å². The Labute approximate surface area is 174 Å². The van der Waals surface area contributed by atoms with E-state index in [1.54, 1.807) is 11.3 Å². The molecule has 3 nitrogen and oxygen atoms in total. The van der Waals surface area contributed by atoms with Gasteiger partial charge in [-0.15, -0.1) is 34.0 Å². The predicted molar refractivity (Wildman–Crippen MR) is 119 cm³/mol. The first-order valence-electron chi connectivity index (χ1n) is 8.59. The molecule has 140 valence electrons. The standard InChI is InChI=1S/C22H16O3S3/c1-3-20(23)25-11-10-24-16-7-4-15(5-8-16)6-9-17-13-19-22(27-17)21-18(28-19)12-14(2)26-21/h3-5,7-8,12-13H,1,10-11H2,2H3. The largest absolute Gasteiger partial charge is 0.490 e. The Balaban J connectivity index is 1.40. The van der Waals surface area contributed by atoms with Crippen LogP contribution in [0.3, 0.4) is 0 Å². The summed E-state index contributed by atoms with van der Waals surface area (Å²) in [5.74, 6) is 6.75. The van der Waals surface area contributed by atoms with Gasteiger partial charge in [0.25, 0.3) is 0 Å². The number of esters is 1. The van der Waals surface area contributed by atoms with E-state index in [1.165, 1.54) is 23.7 Å². The van der Waals surface area contributed by atoms with Crippen molar-refractivity contribution in [3.8, 4) is 17.6 Å². The minimum atomic E-state index is -0.447. The van der Waals surface area contributed by atoms with Crippen LogP contribution in [-0.4, -0.2) is 19.2 Å². The van der Waals surface area contributed by atoms with Crippen molar-refractivity contribution in [2.24, 2.45) is 0 Å². The fourth-order valence-electron chi connectivity index (χ4n) is 2.64. The molecule has 0 aliphatic heterocycles. The number of ether oxygens (including phenoxy) is 2. The molecule has 0 saturated carbocycles. The molecule has 0 radical (unpaired) electrons. The summed E-state index contributed by atoms with van der Waals surface area (Å²) >= 11 is 5.46. The topological polar surface area (TPSA) is 35.5 Å². The number of carbonyl (C=O) groups is 1. The van der Waals surface area contributed by atoms with E-state index < -0.39 is 5.97 Å². The van der Waals surface area contributed by atoms with Gasteiger partial charge < -0.3 is 9.47 Å². The van der Waals surface area contributed by atoms with E-state index >= 15 is 0 Å². The third-order valence-electron chi connectivity index (χ3n) is 3.89. The first-order chi connectivity index (χ1) is 13.6. The zero-order chi connectivity index (χ0) is 19.5. The maximum Gasteiger partial charge on any atom is 0.330 e. The van der Waals surface area contributed by atoms with Crippen molar-refractivity contribution < 1.29 is 14.3 Å². The van der Waals surface area contributed by atoms with Crippen LogP contribution in [0, 0.1) is 18.8 Å². The number of fused-ring (bicyclic) bond motifs is 3. The average Bonchev–Trinajstić information content (AvgIpc) is 3.34. The normalized spacial score (nSPS) is 10.6. The maximum absolute atomic E-state index is 11.0. The second kappa shape index (κ2) is 8.19. The van der Waals surface area contributed by atoms with Crippen molar-refractivity contribution in [1.29, 1.82) is 0 Å². The van der Waals surface area contributed by atoms with Crippen molar-refractivity contribution in [2.75, 3.05) is 13.2 Å². The molecule has 0 fully saturated rings. The number of benzene rings is 1. The average molecular weight is 425 g/mol. The summed E-state index contributed by atoms with van der Waals surface area (Å²) in [4.78, 5) is 13.4. The highest BCUT2D eigenvalue weighted by Crippen LogP contribution is 2.43. The summed E-state index contributed by atoms with van der Waals surface area (Å²) in [6, 6.07) is 12.0. The summed E-state index contributed by atoms with van der Waals surface area (Å²) in [6.07, 6.45) is 1.13. The van der Waals surface area contributed by atoms with E-state index in [9.17, 15) is 4.79 Å². The van der Waals surface area contributed by atoms with E-state index in [4.69, 9.17) is 9.47 Å². The molecule has 6 heteroatoms. The van der Waals surface area contributed by atoms with Gasteiger partial charge in [-0.05, 0) is 43.3 Å². The van der Waals surface area contributed by atoms with E-state index in [0.717, 1.165) is 16.5 Å². The summed E-state index contributed by atoms with van der Waals surface area (Å²) in [5, 5.41) is 0. The lowest BCUT2D eigenvalue weighted by Gasteiger charge is -2.06. The van der Waals surface area contributed by atoms with E-state index in [1.807, 2.05) is 46.9 Å². The predicted octanol–water partition coefficient (Wildman–Crippen LogP) is 5.99. The number of hydrogen-bond acceptors (Lipinski definition) is 6. The van der Waals surface area contributed by atoms with Crippen molar-refractivity contribution in [1.82, 2.24) is 0 Å². The van der Waals surface area contributed by atoms with Crippen molar-refractivity contribution in [3.05, 3.63) is 64.4 Å². The first-order valence-corrected chi connectivity index (χ1v) is 11.0. The Morgan fingerprint density at radius 1 is 1.04 bits per heavy atom. The number of hydrogen-bond donors (Lipinski definition) is 0. The Morgan fingerprint density at radius 2 is 1.79 bits per heavy atom. The fourth-order valence-corrected chi connectivity index (χ4v) is 6.43. The smallest absolute Gasteiger partial charge is 0.330 e. The molecule has 4 aromatic rings. The molecule has 0 atom stereocenters. The van der Waals surface area contributed by atoms with Gasteiger partial charge in [0.2, 0.25) is 0 Å². The third-order valence-corrected chi connectivity index (χ3v) is 7.50. The summed E-state index contributed by atoms with van der Waals surface area (Å²) in [6.45, 7) is 5.99. The van der Waals surface area contributed by atoms with Crippen LogP contribution in [0.2, 0.25) is 0 Å². The second-order valence-electron chi connectivity index (χ2n) is 5.95. The van der Waals surface area contributed by atoms with Crippen LogP contribution in [0.4, 0.5) is 0 Å². The fraction of sp³-hybridized carbons (Fsp3) is 0.136. The lowest BCUT2D eigenvalue weighted by atomic mass is 10.2. The van der Waals surface area contributed by atoms with Crippen molar-refractivity contribution in [2.45, 2.75) is 6.92 Å². The molecular weight excluding hydrogens is 408 g/mol. The number of carbonyl (C=O) groups excluding carboxylic acids is 1. The Hall–Kier alpha value is -2.59. The highest BCUT2D eigenvalue weighted by atomic mass is 32.1. The van der Waals surface area contributed by atoms with Gasteiger partial charge in [0.15, 0.2) is 0 Å². The zero-order valence-corrected chi connectivity index (χ0v) is 17.6. The summed E-state index contributed by atoms with van der Waals surface area (Å²) in [5.41, 5.74) is 0.930. The molecule has 3 aromatic heterocycles. The van der Waals surface area contributed by atoms with Crippen LogP contribution in [-0.2, 0) is 9.53 Å². The van der Waals surface area contributed by atoms with Crippen LogP contribution < -0.4 is 4.74 Å². The van der Waals surface area contributed by atoms with Gasteiger partial charge >= 0.3 is 5.97 Å². The van der Waals surface area contributed by atoms with Crippen LogP contribution in [0.15, 0.2) is 49.1 Å². The molecular formula is C22H16O3S3. The van der Waals surface area contributed by atoms with E-state index in [2.05, 4.69) is 37.5 Å². The number of rotatable bonds is 5. The number of thiophene rings is 3. The summed E-state index contributed by atoms with van der Waals surface area (Å²) in [7, 11) is 0. The monoisotopic (exact) mass is 424 g/mol. The van der Waals surface area contributed by atoms with E-state index in [-0.39, 0.29) is 6.61 Å². The Morgan fingerprint density at radius 3 is 2.57 bits per heavy atom. The molecule has 28 heavy (non-hydrogen) atoms. The van der Waals surface area contributed by atoms with Crippen LogP contribution in [0.5, 0.6) is 5.75 Å². The molecule has 0 unspecified atom stereocenters. The van der Waals surface area contributed by atoms with Gasteiger partial charge in [-0.3, -0.25) is 0 Å². The molecule has 0 saturated heterocycles. The van der Waals surface area contributed by atoms with Gasteiger partial charge in [0.05, 0.1) is 14.3 Å². The molecule has 0 aliphatic carbocycles. The Bertz CT molecular complexity index is 1210. The molecule has 4 rings (SSSR count). The van der Waals surface area contributed by atoms with Crippen LogP contribution >= 0.6 is 34.0 Å². The van der Waals surface area contributed by atoms with Crippen molar-refractivity contribution >= 4 is 58.8 Å². The minimum absolute atomic E-state index is 0.193. The van der Waals surface area contributed by atoms with Gasteiger partial charge in [0.1, 0.15) is 19.0 Å². The van der Waals surface area contributed by atoms with Gasteiger partial charge in [-0.2, -0.15) is 0 Å². The molecule has 1 aromatic carbocycles. The Kier molecular flexibility index (Phi) is 5.49. The summed E-state index contributed by atoms with van der Waals surface area (Å²) < 4.78 is 15.8. The lowest BCUT2D eigenvalue weighted by Crippen LogP contribution is -2.10. The molecule has 0 spiro atoms. The number of aryl methyl sites for hydroxylation is 1. The minimum Gasteiger partial charge on any atom is -0.490 e. The van der Waals surface area contributed by atoms with Crippen LogP contribution in [0.1, 0.15) is 15.3 Å². The quantitative estimate of drug-likeness (QED) is 0.171. The lowest BCUT2D eigenvalue weighted by molar-refractivity contribution is -0.138. The molecule has 3 heterocycles. The second-order valence-corrected chi connectivity index (χ2v) is 9.34. The highest BCUT2D eigenvalue weighted by Gasteiger charge is 2.11. The van der Waals surface area contributed by atoms with Gasteiger partial charge in [0, 0.05) is 25.9 Å². The molecule has 0 N–H and O–H groups in total. The highest BCUT2D eigenvalue weighted by molar-refractivity contribution is 7.38. The first kappa shape index (κ1) is 18.8. The maximum atomic E-state index is 11.0. The molecule has 0 bridgehead atoms.